The minimum Gasteiger partial charge on any atom is -0.361 e. The maximum atomic E-state index is 12.8. The molecule has 1 saturated heterocycles. The molecule has 0 aliphatic carbocycles. The molecule has 1 aromatic carbocycles. The summed E-state index contributed by atoms with van der Waals surface area (Å²) in [6, 6.07) is 15.7. The molecule has 7 heteroatoms. The summed E-state index contributed by atoms with van der Waals surface area (Å²) in [4.78, 5) is 33.2. The molecule has 1 fully saturated rings. The minimum atomic E-state index is -0.496. The molecule has 0 saturated carbocycles. The first-order valence-electron chi connectivity index (χ1n) is 10.1. The molecule has 0 atom stereocenters. The monoisotopic (exact) mass is 418 g/mol. The lowest BCUT2D eigenvalue weighted by Gasteiger charge is -2.45. The molecular formula is C23H22N4O2S. The normalized spacial score (nSPS) is 17.2. The van der Waals surface area contributed by atoms with Crippen molar-refractivity contribution < 1.29 is 9.59 Å². The highest BCUT2D eigenvalue weighted by atomic mass is 32.1. The van der Waals surface area contributed by atoms with Gasteiger partial charge in [-0.3, -0.25) is 14.6 Å². The average Bonchev–Trinajstić information content (AvgIpc) is 3.20. The first kappa shape index (κ1) is 18.8. The molecule has 0 radical (unpaired) electrons. The van der Waals surface area contributed by atoms with Crippen molar-refractivity contribution in [2.24, 2.45) is 0 Å². The molecule has 2 aliphatic rings. The van der Waals surface area contributed by atoms with Gasteiger partial charge in [0.15, 0.2) is 0 Å². The summed E-state index contributed by atoms with van der Waals surface area (Å²) in [6.45, 7) is 1.24. The molecule has 4 heterocycles. The van der Waals surface area contributed by atoms with Gasteiger partial charge in [0.25, 0.3) is 5.91 Å². The number of benzene rings is 1. The third-order valence-corrected chi connectivity index (χ3v) is 6.98. The van der Waals surface area contributed by atoms with E-state index in [0.717, 1.165) is 21.7 Å². The second-order valence-electron chi connectivity index (χ2n) is 7.79. The quantitative estimate of drug-likeness (QED) is 0.683. The molecule has 6 nitrogen and oxygen atoms in total. The smallest absolute Gasteiger partial charge is 0.265 e. The summed E-state index contributed by atoms with van der Waals surface area (Å²) in [5, 5.41) is 6.74. The molecular weight excluding hydrogens is 396 g/mol. The maximum absolute atomic E-state index is 12.8. The number of hydrogen-bond donors (Lipinski definition) is 2. The van der Waals surface area contributed by atoms with E-state index in [0.29, 0.717) is 37.2 Å². The van der Waals surface area contributed by atoms with Crippen LogP contribution in [0.3, 0.4) is 0 Å². The Morgan fingerprint density at radius 2 is 1.80 bits per heavy atom. The molecule has 2 N–H and O–H groups in total. The Labute approximate surface area is 178 Å². The highest BCUT2D eigenvalue weighted by Gasteiger charge is 2.41. The number of anilines is 1. The zero-order chi connectivity index (χ0) is 20.6. The van der Waals surface area contributed by atoms with Crippen molar-refractivity contribution in [3.8, 4) is 10.4 Å². The predicted molar refractivity (Wildman–Crippen MR) is 117 cm³/mol. The Morgan fingerprint density at radius 3 is 2.53 bits per heavy atom. The highest BCUT2D eigenvalue weighted by molar-refractivity contribution is 7.18. The Bertz CT molecular complexity index is 1070. The Balaban J connectivity index is 1.28. The van der Waals surface area contributed by atoms with Crippen LogP contribution < -0.4 is 10.6 Å². The zero-order valence-electron chi connectivity index (χ0n) is 16.4. The third-order valence-electron chi connectivity index (χ3n) is 5.80. The summed E-state index contributed by atoms with van der Waals surface area (Å²) in [5.74, 6) is 0.0903. The fraction of sp³-hybridized carbons (Fsp3) is 0.261. The van der Waals surface area contributed by atoms with Crippen LogP contribution in [0.5, 0.6) is 0 Å². The number of hydrogen-bond acceptors (Lipinski definition) is 5. The van der Waals surface area contributed by atoms with Crippen LogP contribution in [0, 0.1) is 0 Å². The fourth-order valence-electron chi connectivity index (χ4n) is 4.14. The van der Waals surface area contributed by atoms with Gasteiger partial charge < -0.3 is 15.5 Å². The predicted octanol–water partition coefficient (Wildman–Crippen LogP) is 3.53. The standard InChI is InChI=1S/C23H22N4O2S/c28-20(14-16-4-2-1-3-5-16)27-12-8-23(9-13-27)25-18-15-19(17-6-10-24-11-7-17)30-21(18)22(29)26-23/h1-7,10-11,15,25H,8-9,12-14H2,(H,26,29). The van der Waals surface area contributed by atoms with Crippen LogP contribution in [0.2, 0.25) is 0 Å². The average molecular weight is 419 g/mol. The van der Waals surface area contributed by atoms with Gasteiger partial charge in [0.05, 0.1) is 12.1 Å². The van der Waals surface area contributed by atoms with E-state index in [4.69, 9.17) is 0 Å². The molecule has 0 bridgehead atoms. The van der Waals surface area contributed by atoms with Gasteiger partial charge >= 0.3 is 0 Å². The van der Waals surface area contributed by atoms with Crippen LogP contribution in [-0.2, 0) is 11.2 Å². The number of amides is 2. The molecule has 30 heavy (non-hydrogen) atoms. The van der Waals surface area contributed by atoms with Crippen molar-refractivity contribution in [1.29, 1.82) is 0 Å². The molecule has 3 aromatic rings. The first-order chi connectivity index (χ1) is 14.6. The van der Waals surface area contributed by atoms with E-state index in [-0.39, 0.29) is 11.8 Å². The number of nitrogens with one attached hydrogen (secondary N) is 2. The highest BCUT2D eigenvalue weighted by Crippen LogP contribution is 2.40. The number of aromatic nitrogens is 1. The number of carbonyl (C=O) groups excluding carboxylic acids is 2. The van der Waals surface area contributed by atoms with E-state index in [1.165, 1.54) is 11.3 Å². The topological polar surface area (TPSA) is 74.3 Å². The van der Waals surface area contributed by atoms with Crippen molar-refractivity contribution in [2.45, 2.75) is 24.9 Å². The molecule has 1 spiro atoms. The Hall–Kier alpha value is -3.19. The summed E-state index contributed by atoms with van der Waals surface area (Å²) in [5.41, 5.74) is 2.46. The minimum absolute atomic E-state index is 0.0434. The van der Waals surface area contributed by atoms with Gasteiger partial charge in [-0.15, -0.1) is 11.3 Å². The lowest BCUT2D eigenvalue weighted by atomic mass is 9.93. The number of piperidine rings is 1. The van der Waals surface area contributed by atoms with Crippen molar-refractivity contribution in [3.05, 3.63) is 71.4 Å². The second kappa shape index (κ2) is 7.57. The van der Waals surface area contributed by atoms with E-state index in [9.17, 15) is 9.59 Å². The fourth-order valence-corrected chi connectivity index (χ4v) is 5.16. The molecule has 2 amide bonds. The Kier molecular flexibility index (Phi) is 4.75. The summed E-state index contributed by atoms with van der Waals surface area (Å²) < 4.78 is 0. The summed E-state index contributed by atoms with van der Waals surface area (Å²) >= 11 is 1.48. The van der Waals surface area contributed by atoms with E-state index >= 15 is 0 Å². The van der Waals surface area contributed by atoms with Gasteiger partial charge in [0.1, 0.15) is 10.5 Å². The number of thiophene rings is 1. The van der Waals surface area contributed by atoms with Gasteiger partial charge in [-0.25, -0.2) is 0 Å². The third kappa shape index (κ3) is 3.57. The number of nitrogens with zero attached hydrogens (tertiary/aromatic N) is 2. The number of pyridine rings is 1. The van der Waals surface area contributed by atoms with Crippen LogP contribution in [0.25, 0.3) is 10.4 Å². The van der Waals surface area contributed by atoms with Gasteiger partial charge in [0, 0.05) is 43.2 Å². The van der Waals surface area contributed by atoms with Crippen molar-refractivity contribution in [3.63, 3.8) is 0 Å². The molecule has 152 valence electrons. The molecule has 5 rings (SSSR count). The lowest BCUT2D eigenvalue weighted by molar-refractivity contribution is -0.132. The summed E-state index contributed by atoms with van der Waals surface area (Å²) in [6.07, 6.45) is 5.28. The SMILES string of the molecule is O=C1NC2(CCN(C(=O)Cc3ccccc3)CC2)Nc2cc(-c3ccncc3)sc21. The van der Waals surface area contributed by atoms with E-state index in [1.54, 1.807) is 12.4 Å². The largest absolute Gasteiger partial charge is 0.361 e. The van der Waals surface area contributed by atoms with Crippen LogP contribution in [0.1, 0.15) is 28.1 Å². The lowest BCUT2D eigenvalue weighted by Crippen LogP contribution is -2.62. The Morgan fingerprint density at radius 1 is 1.07 bits per heavy atom. The van der Waals surface area contributed by atoms with Gasteiger partial charge in [-0.1, -0.05) is 30.3 Å². The number of carbonyl (C=O) groups is 2. The number of fused-ring (bicyclic) bond motifs is 1. The molecule has 2 aliphatic heterocycles. The molecule has 2 aromatic heterocycles. The molecule has 0 unspecified atom stereocenters. The van der Waals surface area contributed by atoms with Crippen LogP contribution >= 0.6 is 11.3 Å². The van der Waals surface area contributed by atoms with Crippen LogP contribution in [0.4, 0.5) is 5.69 Å². The second-order valence-corrected chi connectivity index (χ2v) is 8.85. The van der Waals surface area contributed by atoms with Crippen molar-refractivity contribution in [2.75, 3.05) is 18.4 Å². The maximum Gasteiger partial charge on any atom is 0.265 e. The first-order valence-corrected chi connectivity index (χ1v) is 10.9. The van der Waals surface area contributed by atoms with Crippen LogP contribution in [0.15, 0.2) is 60.9 Å². The van der Waals surface area contributed by atoms with Crippen LogP contribution in [-0.4, -0.2) is 40.5 Å². The summed E-state index contributed by atoms with van der Waals surface area (Å²) in [7, 11) is 0. The van der Waals surface area contributed by atoms with Crippen molar-refractivity contribution >= 4 is 28.8 Å². The zero-order valence-corrected chi connectivity index (χ0v) is 17.2. The van der Waals surface area contributed by atoms with Gasteiger partial charge in [-0.2, -0.15) is 0 Å². The van der Waals surface area contributed by atoms with Crippen molar-refractivity contribution in [1.82, 2.24) is 15.2 Å². The van der Waals surface area contributed by atoms with E-state index in [2.05, 4.69) is 15.6 Å². The van der Waals surface area contributed by atoms with Gasteiger partial charge in [-0.05, 0) is 29.3 Å². The number of likely N-dealkylation sites (tertiary alicyclic amines) is 1. The van der Waals surface area contributed by atoms with Gasteiger partial charge in [0.2, 0.25) is 5.91 Å². The van der Waals surface area contributed by atoms with E-state index < -0.39 is 5.66 Å². The van der Waals surface area contributed by atoms with E-state index in [1.807, 2.05) is 53.4 Å². The number of rotatable bonds is 3.